The normalized spacial score (nSPS) is 13.0. The second kappa shape index (κ2) is 7.63. The standard InChI is InChI=1S/C19H18N2O3S2/c1-2-23-12-6-8-13(9-7-12)24-16(22)10-25-18-17-14-4-3-5-15(14)26-19(17)21-11-20-18/h6-9,11H,2-5,10H2,1H3. The predicted molar refractivity (Wildman–Crippen MR) is 103 cm³/mol. The van der Waals surface area contributed by atoms with E-state index in [2.05, 4.69) is 9.97 Å². The highest BCUT2D eigenvalue weighted by Gasteiger charge is 2.21. The summed E-state index contributed by atoms with van der Waals surface area (Å²) >= 11 is 3.17. The first-order valence-electron chi connectivity index (χ1n) is 8.56. The number of carbonyl (C=O) groups is 1. The molecule has 4 rings (SSSR count). The van der Waals surface area contributed by atoms with Crippen LogP contribution >= 0.6 is 23.1 Å². The van der Waals surface area contributed by atoms with Crippen molar-refractivity contribution in [3.05, 3.63) is 41.0 Å². The van der Waals surface area contributed by atoms with Gasteiger partial charge in [0.15, 0.2) is 0 Å². The van der Waals surface area contributed by atoms with E-state index in [4.69, 9.17) is 9.47 Å². The van der Waals surface area contributed by atoms with Crippen molar-refractivity contribution in [2.24, 2.45) is 0 Å². The molecule has 1 aliphatic carbocycles. The number of hydrogen-bond donors (Lipinski definition) is 0. The van der Waals surface area contributed by atoms with Crippen molar-refractivity contribution < 1.29 is 14.3 Å². The van der Waals surface area contributed by atoms with Crippen LogP contribution in [-0.2, 0) is 17.6 Å². The van der Waals surface area contributed by atoms with Gasteiger partial charge < -0.3 is 9.47 Å². The van der Waals surface area contributed by atoms with Crippen LogP contribution in [0.2, 0.25) is 0 Å². The molecule has 0 spiro atoms. The van der Waals surface area contributed by atoms with Gasteiger partial charge in [0.05, 0.1) is 12.4 Å². The van der Waals surface area contributed by atoms with E-state index in [0.717, 1.165) is 33.8 Å². The lowest BCUT2D eigenvalue weighted by Gasteiger charge is -2.07. The van der Waals surface area contributed by atoms with Crippen LogP contribution in [0.25, 0.3) is 10.2 Å². The lowest BCUT2D eigenvalue weighted by Crippen LogP contribution is -2.10. The molecule has 134 valence electrons. The minimum absolute atomic E-state index is 0.212. The van der Waals surface area contributed by atoms with Crippen LogP contribution in [-0.4, -0.2) is 28.3 Å². The fraction of sp³-hybridized carbons (Fsp3) is 0.316. The van der Waals surface area contributed by atoms with E-state index in [1.54, 1.807) is 41.9 Å². The van der Waals surface area contributed by atoms with Gasteiger partial charge in [0.2, 0.25) is 0 Å². The van der Waals surface area contributed by atoms with E-state index in [9.17, 15) is 4.79 Å². The molecular formula is C19H18N2O3S2. The van der Waals surface area contributed by atoms with Crippen molar-refractivity contribution in [1.82, 2.24) is 9.97 Å². The molecule has 0 atom stereocenters. The monoisotopic (exact) mass is 386 g/mol. The molecular weight excluding hydrogens is 368 g/mol. The summed E-state index contributed by atoms with van der Waals surface area (Å²) < 4.78 is 10.8. The molecule has 0 amide bonds. The highest BCUT2D eigenvalue weighted by molar-refractivity contribution is 8.00. The van der Waals surface area contributed by atoms with Crippen molar-refractivity contribution in [2.45, 2.75) is 31.2 Å². The molecule has 0 unspecified atom stereocenters. The highest BCUT2D eigenvalue weighted by atomic mass is 32.2. The summed E-state index contributed by atoms with van der Waals surface area (Å²) in [5, 5.41) is 2.00. The van der Waals surface area contributed by atoms with Gasteiger partial charge in [0.25, 0.3) is 0 Å². The average Bonchev–Trinajstić information content (AvgIpc) is 3.23. The zero-order valence-corrected chi connectivity index (χ0v) is 16.0. The number of fused-ring (bicyclic) bond motifs is 3. The van der Waals surface area contributed by atoms with Crippen molar-refractivity contribution in [1.29, 1.82) is 0 Å². The molecule has 5 nitrogen and oxygen atoms in total. The Balaban J connectivity index is 1.42. The zero-order valence-electron chi connectivity index (χ0n) is 14.4. The SMILES string of the molecule is CCOc1ccc(OC(=O)CSc2ncnc3sc4c(c23)CCC4)cc1. The molecule has 2 aromatic heterocycles. The molecule has 1 aliphatic rings. The lowest BCUT2D eigenvalue weighted by molar-refractivity contribution is -0.131. The average molecular weight is 386 g/mol. The molecule has 0 aliphatic heterocycles. The Bertz CT molecular complexity index is 938. The van der Waals surface area contributed by atoms with E-state index in [0.29, 0.717) is 12.4 Å². The molecule has 0 saturated carbocycles. The maximum absolute atomic E-state index is 12.2. The summed E-state index contributed by atoms with van der Waals surface area (Å²) in [6, 6.07) is 7.06. The third-order valence-corrected chi connectivity index (χ3v) is 6.32. The van der Waals surface area contributed by atoms with E-state index in [1.165, 1.54) is 28.6 Å². The fourth-order valence-electron chi connectivity index (χ4n) is 3.07. The van der Waals surface area contributed by atoms with E-state index < -0.39 is 0 Å². The number of thiophene rings is 1. The van der Waals surface area contributed by atoms with Gasteiger partial charge in [-0.05, 0) is 56.0 Å². The Labute approximate surface area is 159 Å². The van der Waals surface area contributed by atoms with Crippen LogP contribution in [0.1, 0.15) is 23.8 Å². The molecule has 0 fully saturated rings. The number of aryl methyl sites for hydroxylation is 2. The first-order valence-corrected chi connectivity index (χ1v) is 10.4. The minimum atomic E-state index is -0.294. The number of carbonyl (C=O) groups excluding carboxylic acids is 1. The van der Waals surface area contributed by atoms with Gasteiger partial charge >= 0.3 is 5.97 Å². The second-order valence-corrected chi connectivity index (χ2v) is 7.93. The van der Waals surface area contributed by atoms with Crippen molar-refractivity contribution in [2.75, 3.05) is 12.4 Å². The Morgan fingerprint density at radius 2 is 2.00 bits per heavy atom. The first-order chi connectivity index (χ1) is 12.7. The lowest BCUT2D eigenvalue weighted by atomic mass is 10.2. The molecule has 1 aromatic carbocycles. The smallest absolute Gasteiger partial charge is 0.321 e. The van der Waals surface area contributed by atoms with Gasteiger partial charge in [0.1, 0.15) is 27.7 Å². The molecule has 3 aromatic rings. The number of nitrogens with zero attached hydrogens (tertiary/aromatic N) is 2. The summed E-state index contributed by atoms with van der Waals surface area (Å²) in [4.78, 5) is 23.4. The van der Waals surface area contributed by atoms with Gasteiger partial charge in [0, 0.05) is 10.3 Å². The maximum atomic E-state index is 12.2. The van der Waals surface area contributed by atoms with Crippen LogP contribution in [0.15, 0.2) is 35.6 Å². The molecule has 2 heterocycles. The number of esters is 1. The number of benzene rings is 1. The summed E-state index contributed by atoms with van der Waals surface area (Å²) in [5.74, 6) is 1.20. The van der Waals surface area contributed by atoms with Gasteiger partial charge in [-0.3, -0.25) is 4.79 Å². The van der Waals surface area contributed by atoms with E-state index in [-0.39, 0.29) is 11.7 Å². The summed E-state index contributed by atoms with van der Waals surface area (Å²) in [6.07, 6.45) is 4.97. The van der Waals surface area contributed by atoms with Crippen LogP contribution in [0.4, 0.5) is 0 Å². The number of hydrogen-bond acceptors (Lipinski definition) is 7. The Morgan fingerprint density at radius 3 is 2.81 bits per heavy atom. The third-order valence-electron chi connectivity index (χ3n) is 4.16. The molecule has 0 N–H and O–H groups in total. The Hall–Kier alpha value is -2.12. The highest BCUT2D eigenvalue weighted by Crippen LogP contribution is 2.40. The largest absolute Gasteiger partial charge is 0.494 e. The van der Waals surface area contributed by atoms with Crippen LogP contribution < -0.4 is 9.47 Å². The molecule has 0 bridgehead atoms. The number of ether oxygens (including phenoxy) is 2. The predicted octanol–water partition coefficient (Wildman–Crippen LogP) is 4.28. The second-order valence-electron chi connectivity index (χ2n) is 5.88. The van der Waals surface area contributed by atoms with Crippen LogP contribution in [0.5, 0.6) is 11.5 Å². The van der Waals surface area contributed by atoms with Crippen molar-refractivity contribution >= 4 is 39.3 Å². The maximum Gasteiger partial charge on any atom is 0.321 e. The number of aromatic nitrogens is 2. The minimum Gasteiger partial charge on any atom is -0.494 e. The van der Waals surface area contributed by atoms with Crippen LogP contribution in [0.3, 0.4) is 0 Å². The van der Waals surface area contributed by atoms with Gasteiger partial charge in [-0.15, -0.1) is 11.3 Å². The van der Waals surface area contributed by atoms with Crippen molar-refractivity contribution in [3.63, 3.8) is 0 Å². The van der Waals surface area contributed by atoms with Gasteiger partial charge in [-0.1, -0.05) is 11.8 Å². The fourth-order valence-corrected chi connectivity index (χ4v) is 5.16. The van der Waals surface area contributed by atoms with Gasteiger partial charge in [-0.25, -0.2) is 9.97 Å². The summed E-state index contributed by atoms with van der Waals surface area (Å²) in [6.45, 7) is 2.54. The topological polar surface area (TPSA) is 61.3 Å². The number of thioether (sulfide) groups is 1. The quantitative estimate of drug-likeness (QED) is 0.273. The molecule has 26 heavy (non-hydrogen) atoms. The molecule has 0 radical (unpaired) electrons. The number of rotatable bonds is 6. The summed E-state index contributed by atoms with van der Waals surface area (Å²) in [5.41, 5.74) is 1.37. The zero-order chi connectivity index (χ0) is 17.9. The molecule has 7 heteroatoms. The van der Waals surface area contributed by atoms with Crippen LogP contribution in [0, 0.1) is 0 Å². The van der Waals surface area contributed by atoms with Gasteiger partial charge in [-0.2, -0.15) is 0 Å². The Morgan fingerprint density at radius 1 is 1.19 bits per heavy atom. The van der Waals surface area contributed by atoms with E-state index in [1.807, 2.05) is 6.92 Å². The summed E-state index contributed by atoms with van der Waals surface area (Å²) in [7, 11) is 0. The van der Waals surface area contributed by atoms with E-state index >= 15 is 0 Å². The van der Waals surface area contributed by atoms with Crippen molar-refractivity contribution in [3.8, 4) is 11.5 Å². The molecule has 0 saturated heterocycles. The first kappa shape index (κ1) is 17.3. The third kappa shape index (κ3) is 3.54. The Kier molecular flexibility index (Phi) is 5.08.